The van der Waals surface area contributed by atoms with Gasteiger partial charge in [-0.15, -0.1) is 0 Å². The number of aromatic hydroxyl groups is 1. The fourth-order valence-electron chi connectivity index (χ4n) is 1.83. The van der Waals surface area contributed by atoms with Gasteiger partial charge < -0.3 is 10.4 Å². The summed E-state index contributed by atoms with van der Waals surface area (Å²) in [6, 6.07) is 5.76. The summed E-state index contributed by atoms with van der Waals surface area (Å²) in [4.78, 5) is 0. The second-order valence-electron chi connectivity index (χ2n) is 4.24. The lowest BCUT2D eigenvalue weighted by Crippen LogP contribution is -2.00. The van der Waals surface area contributed by atoms with Crippen LogP contribution >= 0.6 is 0 Å². The van der Waals surface area contributed by atoms with Crippen molar-refractivity contribution in [2.75, 3.05) is 5.32 Å². The predicted molar refractivity (Wildman–Crippen MR) is 68.1 cm³/mol. The van der Waals surface area contributed by atoms with Crippen molar-refractivity contribution in [2.45, 2.75) is 20.4 Å². The van der Waals surface area contributed by atoms with E-state index in [1.807, 2.05) is 45.3 Å². The van der Waals surface area contributed by atoms with Crippen molar-refractivity contribution >= 4 is 5.69 Å². The van der Waals surface area contributed by atoms with E-state index in [9.17, 15) is 5.11 Å². The minimum atomic E-state index is 0.363. The molecule has 17 heavy (non-hydrogen) atoms. The van der Waals surface area contributed by atoms with Crippen molar-refractivity contribution in [3.63, 3.8) is 0 Å². The molecule has 0 aliphatic carbocycles. The van der Waals surface area contributed by atoms with Crippen molar-refractivity contribution in [2.24, 2.45) is 7.05 Å². The Balaban J connectivity index is 2.12. The van der Waals surface area contributed by atoms with Crippen LogP contribution in [0.4, 0.5) is 5.69 Å². The van der Waals surface area contributed by atoms with Crippen LogP contribution in [0.1, 0.15) is 16.8 Å². The van der Waals surface area contributed by atoms with Crippen LogP contribution in [-0.2, 0) is 13.6 Å². The fourth-order valence-corrected chi connectivity index (χ4v) is 1.83. The van der Waals surface area contributed by atoms with Gasteiger partial charge in [0.2, 0.25) is 0 Å². The monoisotopic (exact) mass is 231 g/mol. The van der Waals surface area contributed by atoms with E-state index in [1.165, 1.54) is 0 Å². The number of anilines is 1. The van der Waals surface area contributed by atoms with E-state index in [4.69, 9.17) is 0 Å². The van der Waals surface area contributed by atoms with E-state index in [1.54, 1.807) is 4.68 Å². The summed E-state index contributed by atoms with van der Waals surface area (Å²) in [6.45, 7) is 4.45. The summed E-state index contributed by atoms with van der Waals surface area (Å²) in [5.41, 5.74) is 3.74. The van der Waals surface area contributed by atoms with Crippen LogP contribution in [-0.4, -0.2) is 14.9 Å². The first-order valence-corrected chi connectivity index (χ1v) is 5.59. The van der Waals surface area contributed by atoms with Crippen LogP contribution in [0.5, 0.6) is 5.75 Å². The molecule has 1 heterocycles. The molecule has 0 unspecified atom stereocenters. The van der Waals surface area contributed by atoms with Gasteiger partial charge in [0.1, 0.15) is 5.75 Å². The van der Waals surface area contributed by atoms with E-state index in [2.05, 4.69) is 10.4 Å². The average Bonchev–Trinajstić information content (AvgIpc) is 2.60. The SMILES string of the molecule is Cc1cccc(CNc2cn(C)nc2C)c1O. The van der Waals surface area contributed by atoms with Crippen molar-refractivity contribution in [3.05, 3.63) is 41.2 Å². The maximum atomic E-state index is 9.89. The van der Waals surface area contributed by atoms with E-state index in [0.29, 0.717) is 12.3 Å². The lowest BCUT2D eigenvalue weighted by atomic mass is 10.1. The molecule has 0 bridgehead atoms. The summed E-state index contributed by atoms with van der Waals surface area (Å²) >= 11 is 0. The number of hydrogen-bond donors (Lipinski definition) is 2. The smallest absolute Gasteiger partial charge is 0.123 e. The maximum Gasteiger partial charge on any atom is 0.123 e. The van der Waals surface area contributed by atoms with Crippen LogP contribution in [0.15, 0.2) is 24.4 Å². The van der Waals surface area contributed by atoms with Gasteiger partial charge in [0.05, 0.1) is 11.4 Å². The molecule has 0 spiro atoms. The molecule has 4 heteroatoms. The molecular formula is C13H17N3O. The van der Waals surface area contributed by atoms with E-state index in [-0.39, 0.29) is 0 Å². The lowest BCUT2D eigenvalue weighted by Gasteiger charge is -2.08. The molecule has 2 N–H and O–H groups in total. The predicted octanol–water partition coefficient (Wildman–Crippen LogP) is 2.35. The van der Waals surface area contributed by atoms with Gasteiger partial charge in [-0.05, 0) is 19.4 Å². The van der Waals surface area contributed by atoms with E-state index >= 15 is 0 Å². The standard InChI is InChI=1S/C13H17N3O/c1-9-5-4-6-11(13(9)17)7-14-12-8-16(3)15-10(12)2/h4-6,8,14,17H,7H2,1-3H3. The molecule has 0 saturated carbocycles. The zero-order valence-electron chi connectivity index (χ0n) is 10.4. The number of phenols is 1. The number of aryl methyl sites for hydroxylation is 3. The zero-order valence-corrected chi connectivity index (χ0v) is 10.4. The Morgan fingerprint density at radius 3 is 2.76 bits per heavy atom. The summed E-state index contributed by atoms with van der Waals surface area (Å²) in [7, 11) is 1.89. The van der Waals surface area contributed by atoms with Gasteiger partial charge in [-0.1, -0.05) is 18.2 Å². The first-order valence-electron chi connectivity index (χ1n) is 5.59. The fraction of sp³-hybridized carbons (Fsp3) is 0.308. The summed E-state index contributed by atoms with van der Waals surface area (Å²) in [6.07, 6.45) is 1.93. The molecule has 0 aliphatic heterocycles. The summed E-state index contributed by atoms with van der Waals surface area (Å²) < 4.78 is 1.77. The van der Waals surface area contributed by atoms with Crippen molar-refractivity contribution < 1.29 is 5.11 Å². The molecule has 0 saturated heterocycles. The molecule has 1 aromatic carbocycles. The highest BCUT2D eigenvalue weighted by Crippen LogP contribution is 2.22. The molecule has 0 atom stereocenters. The third kappa shape index (κ3) is 2.41. The minimum absolute atomic E-state index is 0.363. The van der Waals surface area contributed by atoms with Gasteiger partial charge in [0.15, 0.2) is 0 Å². The lowest BCUT2D eigenvalue weighted by molar-refractivity contribution is 0.465. The second kappa shape index (κ2) is 4.49. The Morgan fingerprint density at radius 1 is 1.35 bits per heavy atom. The van der Waals surface area contributed by atoms with Crippen LogP contribution in [0.25, 0.3) is 0 Å². The van der Waals surface area contributed by atoms with Gasteiger partial charge in [0.25, 0.3) is 0 Å². The molecule has 0 radical (unpaired) electrons. The molecule has 1 aromatic heterocycles. The van der Waals surface area contributed by atoms with Crippen molar-refractivity contribution in [3.8, 4) is 5.75 Å². The highest BCUT2D eigenvalue weighted by atomic mass is 16.3. The Kier molecular flexibility index (Phi) is 3.04. The number of para-hydroxylation sites is 1. The number of hydrogen-bond acceptors (Lipinski definition) is 3. The van der Waals surface area contributed by atoms with Gasteiger partial charge in [-0.3, -0.25) is 4.68 Å². The molecule has 0 amide bonds. The number of benzene rings is 1. The first-order chi connectivity index (χ1) is 8.08. The van der Waals surface area contributed by atoms with Gasteiger partial charge >= 0.3 is 0 Å². The van der Waals surface area contributed by atoms with Crippen LogP contribution in [0.2, 0.25) is 0 Å². The highest BCUT2D eigenvalue weighted by Gasteiger charge is 2.06. The number of rotatable bonds is 3. The van der Waals surface area contributed by atoms with E-state index < -0.39 is 0 Å². The van der Waals surface area contributed by atoms with Crippen LogP contribution < -0.4 is 5.32 Å². The Bertz CT molecular complexity index is 531. The quantitative estimate of drug-likeness (QED) is 0.852. The number of nitrogens with zero attached hydrogens (tertiary/aromatic N) is 2. The Hall–Kier alpha value is -1.97. The molecule has 2 rings (SSSR count). The van der Waals surface area contributed by atoms with Gasteiger partial charge in [0, 0.05) is 25.4 Å². The number of phenolic OH excluding ortho intramolecular Hbond substituents is 1. The minimum Gasteiger partial charge on any atom is -0.507 e. The molecule has 4 nitrogen and oxygen atoms in total. The maximum absolute atomic E-state index is 9.89. The highest BCUT2D eigenvalue weighted by molar-refractivity contribution is 5.48. The number of nitrogens with one attached hydrogen (secondary N) is 1. The van der Waals surface area contributed by atoms with Crippen LogP contribution in [0, 0.1) is 13.8 Å². The summed E-state index contributed by atoms with van der Waals surface area (Å²) in [5.74, 6) is 0.363. The number of aromatic nitrogens is 2. The third-order valence-electron chi connectivity index (χ3n) is 2.80. The average molecular weight is 231 g/mol. The molecule has 90 valence electrons. The molecule has 2 aromatic rings. The largest absolute Gasteiger partial charge is 0.507 e. The Labute approximate surface area is 101 Å². The second-order valence-corrected chi connectivity index (χ2v) is 4.24. The summed E-state index contributed by atoms with van der Waals surface area (Å²) in [5, 5.41) is 17.4. The van der Waals surface area contributed by atoms with Crippen LogP contribution in [0.3, 0.4) is 0 Å². The molecule has 0 fully saturated rings. The third-order valence-corrected chi connectivity index (χ3v) is 2.80. The van der Waals surface area contributed by atoms with Gasteiger partial charge in [-0.2, -0.15) is 5.10 Å². The van der Waals surface area contributed by atoms with Crippen molar-refractivity contribution in [1.29, 1.82) is 0 Å². The molecular weight excluding hydrogens is 214 g/mol. The molecule has 0 aliphatic rings. The van der Waals surface area contributed by atoms with Crippen molar-refractivity contribution in [1.82, 2.24) is 9.78 Å². The first kappa shape index (κ1) is 11.5. The zero-order chi connectivity index (χ0) is 12.4. The Morgan fingerprint density at radius 2 is 2.12 bits per heavy atom. The van der Waals surface area contributed by atoms with E-state index in [0.717, 1.165) is 22.5 Å². The normalized spacial score (nSPS) is 10.5. The van der Waals surface area contributed by atoms with Gasteiger partial charge in [-0.25, -0.2) is 0 Å². The topological polar surface area (TPSA) is 50.1 Å².